The molecule has 0 aliphatic rings. The molecule has 0 N–H and O–H groups in total. The van der Waals surface area contributed by atoms with Gasteiger partial charge < -0.3 is 0 Å². The van der Waals surface area contributed by atoms with E-state index in [0.717, 1.165) is 0 Å². The van der Waals surface area contributed by atoms with Gasteiger partial charge in [0.2, 0.25) is 0 Å². The molecule has 1 heteroatoms. The van der Waals surface area contributed by atoms with Crippen molar-refractivity contribution >= 4 is 19.8 Å². The summed E-state index contributed by atoms with van der Waals surface area (Å²) in [6.07, 6.45) is 9.18. The van der Waals surface area contributed by atoms with E-state index >= 15 is 0 Å². The Morgan fingerprint density at radius 1 is 1.00 bits per heavy atom. The Morgan fingerprint density at radius 3 is 1.92 bits per heavy atom. The molecule has 0 rings (SSSR count). The average molecular weight is 288 g/mol. The molecule has 0 saturated carbocycles. The van der Waals surface area contributed by atoms with Crippen molar-refractivity contribution in [3.63, 3.8) is 0 Å². The van der Waals surface area contributed by atoms with Crippen LogP contribution in [0.5, 0.6) is 0 Å². The molecule has 0 heterocycles. The van der Waals surface area contributed by atoms with Crippen LogP contribution in [-0.2, 0) is 0 Å². The molecule has 77 valence electrons. The Kier molecular flexibility index (Phi) is 11.1. The summed E-state index contributed by atoms with van der Waals surface area (Å²) in [7, 11) is 0. The molecule has 0 saturated heterocycles. The third-order valence-corrected chi connectivity index (χ3v) is 11.4. The molecule has 0 unspecified atom stereocenters. The zero-order chi connectivity index (χ0) is 9.94. The zero-order valence-corrected chi connectivity index (χ0v) is 12.3. The third kappa shape index (κ3) is 8.86. The summed E-state index contributed by atoms with van der Waals surface area (Å²) in [5.41, 5.74) is 0. The Morgan fingerprint density at radius 2 is 1.54 bits per heavy atom. The van der Waals surface area contributed by atoms with Gasteiger partial charge in [-0.15, -0.1) is 0 Å². The molecule has 0 aromatic carbocycles. The van der Waals surface area contributed by atoms with E-state index < -0.39 is 19.8 Å². The summed E-state index contributed by atoms with van der Waals surface area (Å²) in [5, 5.41) is 0. The van der Waals surface area contributed by atoms with Gasteiger partial charge in [-0.3, -0.25) is 0 Å². The van der Waals surface area contributed by atoms with Crippen molar-refractivity contribution in [2.75, 3.05) is 0 Å². The molecule has 0 amide bonds. The van der Waals surface area contributed by atoms with Crippen LogP contribution in [0.3, 0.4) is 0 Å². The van der Waals surface area contributed by atoms with Crippen molar-refractivity contribution < 1.29 is 0 Å². The second-order valence-electron chi connectivity index (χ2n) is 3.78. The molecule has 0 aliphatic heterocycles. The molecular weight excluding hydrogens is 263 g/mol. The van der Waals surface area contributed by atoms with E-state index in [1.54, 1.807) is 13.3 Å². The summed E-state index contributed by atoms with van der Waals surface area (Å²) in [6.45, 7) is 8.45. The van der Waals surface area contributed by atoms with Crippen molar-refractivity contribution in [3.05, 3.63) is 12.7 Å². The fraction of sp³-hybridized carbons (Fsp3) is 0.833. The van der Waals surface area contributed by atoms with Gasteiger partial charge in [0.1, 0.15) is 0 Å². The normalized spacial score (nSPS) is 10.7. The molecule has 0 nitrogen and oxygen atoms in total. The summed E-state index contributed by atoms with van der Waals surface area (Å²) in [6, 6.07) is 0. The Bertz CT molecular complexity index is 102. The molecule has 0 aromatic rings. The van der Waals surface area contributed by atoms with Crippen molar-refractivity contribution in [3.8, 4) is 0 Å². The summed E-state index contributed by atoms with van der Waals surface area (Å²) in [5.74, 6) is 0. The van der Waals surface area contributed by atoms with Gasteiger partial charge in [-0.2, -0.15) is 0 Å². The summed E-state index contributed by atoms with van der Waals surface area (Å²) >= 11 is -0.911. The SMILES string of the molecule is C=CC[CH2][Sn]([CH2]CCC)[CH2]CCC. The monoisotopic (exact) mass is 289 g/mol. The van der Waals surface area contributed by atoms with Crippen molar-refractivity contribution in [1.82, 2.24) is 0 Å². The first kappa shape index (κ1) is 13.5. The molecule has 0 aromatic heterocycles. The van der Waals surface area contributed by atoms with Crippen LogP contribution in [0.25, 0.3) is 0 Å². The Labute approximate surface area is 91.5 Å². The van der Waals surface area contributed by atoms with E-state index in [9.17, 15) is 0 Å². The third-order valence-electron chi connectivity index (χ3n) is 2.47. The first-order valence-corrected chi connectivity index (χ1v) is 11.8. The molecule has 13 heavy (non-hydrogen) atoms. The molecule has 0 spiro atoms. The standard InChI is InChI=1S/2C4H9.C4H7.Sn/c3*1-3-4-2;/h2*1,3-4H2,2H3;3H,1-2,4H2;. The van der Waals surface area contributed by atoms with Crippen molar-refractivity contribution in [1.29, 1.82) is 0 Å². The van der Waals surface area contributed by atoms with Gasteiger partial charge in [-0.25, -0.2) is 0 Å². The van der Waals surface area contributed by atoms with Crippen LogP contribution in [0.1, 0.15) is 46.0 Å². The fourth-order valence-corrected chi connectivity index (χ4v) is 10.3. The van der Waals surface area contributed by atoms with Crippen LogP contribution in [-0.4, -0.2) is 19.8 Å². The van der Waals surface area contributed by atoms with E-state index in [2.05, 4.69) is 26.5 Å². The van der Waals surface area contributed by atoms with Gasteiger partial charge >= 0.3 is 91.7 Å². The minimum atomic E-state index is -0.911. The van der Waals surface area contributed by atoms with Crippen LogP contribution in [0.2, 0.25) is 13.3 Å². The van der Waals surface area contributed by atoms with Gasteiger partial charge in [0.05, 0.1) is 0 Å². The number of hydrogen-bond donors (Lipinski definition) is 0. The summed E-state index contributed by atoms with van der Waals surface area (Å²) in [4.78, 5) is 0. The number of hydrogen-bond acceptors (Lipinski definition) is 0. The molecule has 1 radical (unpaired) electrons. The van der Waals surface area contributed by atoms with Crippen molar-refractivity contribution in [2.24, 2.45) is 0 Å². The van der Waals surface area contributed by atoms with Gasteiger partial charge in [0.15, 0.2) is 0 Å². The number of unbranched alkanes of at least 4 members (excludes halogenated alkanes) is 2. The van der Waals surface area contributed by atoms with Crippen LogP contribution in [0, 0.1) is 0 Å². The van der Waals surface area contributed by atoms with E-state index in [4.69, 9.17) is 0 Å². The molecular formula is C12H25Sn. The number of rotatable bonds is 9. The van der Waals surface area contributed by atoms with E-state index in [1.807, 2.05) is 0 Å². The predicted molar refractivity (Wildman–Crippen MR) is 64.8 cm³/mol. The van der Waals surface area contributed by atoms with Crippen LogP contribution in [0.15, 0.2) is 12.7 Å². The molecule has 0 fully saturated rings. The average Bonchev–Trinajstić information content (AvgIpc) is 2.17. The van der Waals surface area contributed by atoms with E-state index in [1.165, 1.54) is 32.1 Å². The maximum atomic E-state index is 3.82. The second kappa shape index (κ2) is 10.6. The van der Waals surface area contributed by atoms with Gasteiger partial charge in [-0.1, -0.05) is 0 Å². The topological polar surface area (TPSA) is 0 Å². The van der Waals surface area contributed by atoms with Crippen LogP contribution < -0.4 is 0 Å². The second-order valence-corrected chi connectivity index (χ2v) is 12.3. The Hall–Kier alpha value is 0.539. The van der Waals surface area contributed by atoms with Crippen LogP contribution >= 0.6 is 0 Å². The Balaban J connectivity index is 3.52. The number of allylic oxidation sites excluding steroid dienone is 1. The maximum absolute atomic E-state index is 3.82. The first-order chi connectivity index (χ1) is 6.35. The fourth-order valence-electron chi connectivity index (χ4n) is 1.53. The minimum absolute atomic E-state index is 0.911. The van der Waals surface area contributed by atoms with Gasteiger partial charge in [-0.05, 0) is 0 Å². The van der Waals surface area contributed by atoms with Crippen LogP contribution in [0.4, 0.5) is 0 Å². The van der Waals surface area contributed by atoms with Gasteiger partial charge in [0, 0.05) is 0 Å². The molecule has 0 aliphatic carbocycles. The summed E-state index contributed by atoms with van der Waals surface area (Å²) < 4.78 is 4.82. The predicted octanol–water partition coefficient (Wildman–Crippen LogP) is 4.66. The first-order valence-electron chi connectivity index (χ1n) is 5.79. The molecule has 0 atom stereocenters. The van der Waals surface area contributed by atoms with Crippen molar-refractivity contribution in [2.45, 2.75) is 59.3 Å². The zero-order valence-electron chi connectivity index (χ0n) is 9.44. The van der Waals surface area contributed by atoms with E-state index in [-0.39, 0.29) is 0 Å². The van der Waals surface area contributed by atoms with E-state index in [0.29, 0.717) is 0 Å². The van der Waals surface area contributed by atoms with Gasteiger partial charge in [0.25, 0.3) is 0 Å². The quantitative estimate of drug-likeness (QED) is 0.427. The molecule has 0 bridgehead atoms.